The summed E-state index contributed by atoms with van der Waals surface area (Å²) in [5.74, 6) is 3.18. The van der Waals surface area contributed by atoms with Gasteiger partial charge in [0.15, 0.2) is 5.96 Å². The minimum Gasteiger partial charge on any atom is -0.469 e. The topological polar surface area (TPSA) is 58.8 Å². The molecule has 1 aliphatic carbocycles. The summed E-state index contributed by atoms with van der Waals surface area (Å²) in [6.45, 7) is 3.36. The smallest absolute Gasteiger partial charge is 0.191 e. The zero-order valence-corrected chi connectivity index (χ0v) is 19.9. The molecular formula is C24H34IN3O2. The van der Waals surface area contributed by atoms with Gasteiger partial charge in [0.25, 0.3) is 0 Å². The molecule has 30 heavy (non-hydrogen) atoms. The lowest BCUT2D eigenvalue weighted by molar-refractivity contribution is 0.187. The third-order valence-electron chi connectivity index (χ3n) is 6.11. The van der Waals surface area contributed by atoms with Gasteiger partial charge in [0.05, 0.1) is 12.9 Å². The van der Waals surface area contributed by atoms with E-state index in [4.69, 9.17) is 14.1 Å². The summed E-state index contributed by atoms with van der Waals surface area (Å²) in [4.78, 5) is 4.88. The average molecular weight is 523 g/mol. The van der Waals surface area contributed by atoms with Crippen molar-refractivity contribution < 1.29 is 9.15 Å². The van der Waals surface area contributed by atoms with Crippen molar-refractivity contribution >= 4 is 29.9 Å². The Hall–Kier alpha value is -1.54. The first-order chi connectivity index (χ1) is 14.4. The first kappa shape index (κ1) is 23.1. The van der Waals surface area contributed by atoms with E-state index in [2.05, 4.69) is 41.0 Å². The fourth-order valence-corrected chi connectivity index (χ4v) is 4.35. The fraction of sp³-hybridized carbons (Fsp3) is 0.542. The number of aliphatic imine (C=N–C) groups is 1. The van der Waals surface area contributed by atoms with E-state index in [1.165, 1.54) is 31.2 Å². The van der Waals surface area contributed by atoms with Gasteiger partial charge in [-0.1, -0.05) is 30.3 Å². The fourth-order valence-electron chi connectivity index (χ4n) is 4.35. The Morgan fingerprint density at radius 2 is 1.83 bits per heavy atom. The Kier molecular flexibility index (Phi) is 9.52. The first-order valence-electron chi connectivity index (χ1n) is 11.1. The molecule has 2 heterocycles. The maximum atomic E-state index is 5.50. The van der Waals surface area contributed by atoms with E-state index in [1.54, 1.807) is 6.26 Å². The molecule has 2 N–H and O–H groups in total. The Morgan fingerprint density at radius 1 is 1.00 bits per heavy atom. The van der Waals surface area contributed by atoms with E-state index in [-0.39, 0.29) is 24.0 Å². The van der Waals surface area contributed by atoms with Crippen LogP contribution < -0.4 is 10.6 Å². The number of furan rings is 1. The summed E-state index contributed by atoms with van der Waals surface area (Å²) in [6, 6.07) is 15.4. The van der Waals surface area contributed by atoms with Crippen LogP contribution in [0, 0.1) is 5.92 Å². The molecule has 4 rings (SSSR count). The number of guanidine groups is 1. The van der Waals surface area contributed by atoms with Crippen LogP contribution in [0.15, 0.2) is 58.1 Å². The molecule has 1 unspecified atom stereocenters. The van der Waals surface area contributed by atoms with Crippen molar-refractivity contribution in [2.24, 2.45) is 10.9 Å². The highest BCUT2D eigenvalue weighted by Gasteiger charge is 2.23. The van der Waals surface area contributed by atoms with Gasteiger partial charge in [0, 0.05) is 38.1 Å². The second-order valence-electron chi connectivity index (χ2n) is 8.28. The normalized spacial score (nSPS) is 24.3. The van der Waals surface area contributed by atoms with Crippen LogP contribution in [0.2, 0.25) is 0 Å². The van der Waals surface area contributed by atoms with E-state index >= 15 is 0 Å². The minimum absolute atomic E-state index is 0. The maximum absolute atomic E-state index is 5.50. The van der Waals surface area contributed by atoms with Crippen molar-refractivity contribution in [1.29, 1.82) is 0 Å². The van der Waals surface area contributed by atoms with Crippen LogP contribution in [0.5, 0.6) is 0 Å². The number of rotatable bonds is 7. The molecule has 2 aromatic rings. The molecule has 1 aromatic carbocycles. The standard InChI is InChI=1S/C24H33N3O2.HI/c1-2-5-20(6-3-1)21-8-10-22(11-9-21)27-24(26-17-19-13-16-28-18-19)25-14-12-23-7-4-15-29-23;/h1-7,15,19,21-22H,8-14,16-18H2,(H2,25,26,27);1H. The summed E-state index contributed by atoms with van der Waals surface area (Å²) in [6.07, 6.45) is 8.55. The average Bonchev–Trinajstić information content (AvgIpc) is 3.47. The van der Waals surface area contributed by atoms with Gasteiger partial charge in [-0.3, -0.25) is 4.99 Å². The van der Waals surface area contributed by atoms with E-state index < -0.39 is 0 Å². The van der Waals surface area contributed by atoms with E-state index in [0.29, 0.717) is 17.9 Å². The van der Waals surface area contributed by atoms with Gasteiger partial charge in [-0.05, 0) is 55.7 Å². The molecule has 2 fully saturated rings. The lowest BCUT2D eigenvalue weighted by Gasteiger charge is -2.30. The molecule has 0 bridgehead atoms. The second kappa shape index (κ2) is 12.3. The van der Waals surface area contributed by atoms with Gasteiger partial charge >= 0.3 is 0 Å². The van der Waals surface area contributed by atoms with E-state index in [1.807, 2.05) is 12.1 Å². The van der Waals surface area contributed by atoms with Crippen molar-refractivity contribution in [3.63, 3.8) is 0 Å². The predicted molar refractivity (Wildman–Crippen MR) is 132 cm³/mol. The first-order valence-corrected chi connectivity index (χ1v) is 11.1. The van der Waals surface area contributed by atoms with Crippen LogP contribution in [0.1, 0.15) is 49.3 Å². The molecule has 6 heteroatoms. The quantitative estimate of drug-likeness (QED) is 0.313. The molecule has 1 aliphatic heterocycles. The summed E-state index contributed by atoms with van der Waals surface area (Å²) in [7, 11) is 0. The summed E-state index contributed by atoms with van der Waals surface area (Å²) < 4.78 is 10.9. The third-order valence-corrected chi connectivity index (χ3v) is 6.11. The van der Waals surface area contributed by atoms with Crippen molar-refractivity contribution in [3.8, 4) is 0 Å². The molecule has 1 saturated heterocycles. The second-order valence-corrected chi connectivity index (χ2v) is 8.28. The van der Waals surface area contributed by atoms with Crippen LogP contribution in [-0.4, -0.2) is 38.3 Å². The Morgan fingerprint density at radius 3 is 2.53 bits per heavy atom. The van der Waals surface area contributed by atoms with Crippen LogP contribution in [-0.2, 0) is 11.2 Å². The lowest BCUT2D eigenvalue weighted by atomic mass is 9.82. The summed E-state index contributed by atoms with van der Waals surface area (Å²) in [5, 5.41) is 7.21. The van der Waals surface area contributed by atoms with Crippen LogP contribution in [0.25, 0.3) is 0 Å². The van der Waals surface area contributed by atoms with Gasteiger partial charge in [0.2, 0.25) is 0 Å². The van der Waals surface area contributed by atoms with Crippen molar-refractivity contribution in [3.05, 3.63) is 60.1 Å². The third kappa shape index (κ3) is 7.01. The van der Waals surface area contributed by atoms with Crippen molar-refractivity contribution in [2.75, 3.05) is 26.3 Å². The zero-order chi connectivity index (χ0) is 19.7. The summed E-state index contributed by atoms with van der Waals surface area (Å²) >= 11 is 0. The predicted octanol–water partition coefficient (Wildman–Crippen LogP) is 4.74. The molecule has 0 radical (unpaired) electrons. The number of nitrogens with one attached hydrogen (secondary N) is 2. The number of benzene rings is 1. The van der Waals surface area contributed by atoms with Gasteiger partial charge in [-0.15, -0.1) is 24.0 Å². The van der Waals surface area contributed by atoms with Crippen LogP contribution in [0.4, 0.5) is 0 Å². The molecule has 2 aliphatic rings. The summed E-state index contributed by atoms with van der Waals surface area (Å²) in [5.41, 5.74) is 1.48. The van der Waals surface area contributed by atoms with Gasteiger partial charge in [-0.25, -0.2) is 0 Å². The molecule has 0 amide bonds. The highest BCUT2D eigenvalue weighted by atomic mass is 127. The molecule has 1 aromatic heterocycles. The van der Waals surface area contributed by atoms with Crippen molar-refractivity contribution in [1.82, 2.24) is 10.6 Å². The number of halogens is 1. The Labute approximate surface area is 197 Å². The SMILES string of the molecule is I.c1ccc(C2CCC(NC(=NCC3CCOC3)NCCc3ccco3)CC2)cc1. The zero-order valence-electron chi connectivity index (χ0n) is 17.6. The largest absolute Gasteiger partial charge is 0.469 e. The highest BCUT2D eigenvalue weighted by Crippen LogP contribution is 2.32. The van der Waals surface area contributed by atoms with Crippen LogP contribution in [0.3, 0.4) is 0 Å². The minimum atomic E-state index is 0. The maximum Gasteiger partial charge on any atom is 0.191 e. The Balaban J connectivity index is 0.00000256. The Bertz CT molecular complexity index is 737. The van der Waals surface area contributed by atoms with Gasteiger partial charge in [-0.2, -0.15) is 0 Å². The van der Waals surface area contributed by atoms with Gasteiger partial charge in [0.1, 0.15) is 5.76 Å². The van der Waals surface area contributed by atoms with E-state index in [0.717, 1.165) is 50.9 Å². The number of nitrogens with zero attached hydrogens (tertiary/aromatic N) is 1. The molecule has 164 valence electrons. The van der Waals surface area contributed by atoms with Crippen LogP contribution >= 0.6 is 24.0 Å². The number of ether oxygens (including phenoxy) is 1. The number of hydrogen-bond acceptors (Lipinski definition) is 3. The molecule has 5 nitrogen and oxygen atoms in total. The van der Waals surface area contributed by atoms with E-state index in [9.17, 15) is 0 Å². The van der Waals surface area contributed by atoms with Gasteiger partial charge < -0.3 is 19.8 Å². The van der Waals surface area contributed by atoms with Crippen molar-refractivity contribution in [2.45, 2.75) is 50.5 Å². The molecular weight excluding hydrogens is 489 g/mol. The lowest BCUT2D eigenvalue weighted by Crippen LogP contribution is -2.45. The molecule has 1 atom stereocenters. The number of hydrogen-bond donors (Lipinski definition) is 2. The highest BCUT2D eigenvalue weighted by molar-refractivity contribution is 14.0. The monoisotopic (exact) mass is 523 g/mol. The molecule has 0 spiro atoms. The molecule has 1 saturated carbocycles.